The normalized spacial score (nSPS) is 12.6. The summed E-state index contributed by atoms with van der Waals surface area (Å²) in [5.74, 6) is 0.769. The molecule has 19 heavy (non-hydrogen) atoms. The first-order valence-corrected chi connectivity index (χ1v) is 7.15. The van der Waals surface area contributed by atoms with E-state index < -0.39 is 0 Å². The Morgan fingerprint density at radius 1 is 1.47 bits per heavy atom. The van der Waals surface area contributed by atoms with Gasteiger partial charge in [0.05, 0.1) is 11.9 Å². The molecule has 1 unspecified atom stereocenters. The van der Waals surface area contributed by atoms with Gasteiger partial charge in [0.2, 0.25) is 0 Å². The Morgan fingerprint density at radius 2 is 2.26 bits per heavy atom. The maximum atomic E-state index is 13.8. The van der Waals surface area contributed by atoms with Gasteiger partial charge in [-0.15, -0.1) is 0 Å². The molecule has 3 nitrogen and oxygen atoms in total. The zero-order chi connectivity index (χ0) is 13.8. The average molecular weight is 326 g/mol. The van der Waals surface area contributed by atoms with Crippen molar-refractivity contribution in [3.8, 4) is 11.3 Å². The fourth-order valence-electron chi connectivity index (χ4n) is 2.10. The van der Waals surface area contributed by atoms with Crippen LogP contribution < -0.4 is 5.73 Å². The number of aromatic amines is 1. The Bertz CT molecular complexity index is 553. The van der Waals surface area contributed by atoms with Crippen LogP contribution in [-0.4, -0.2) is 16.5 Å². The quantitative estimate of drug-likeness (QED) is 0.877. The van der Waals surface area contributed by atoms with Gasteiger partial charge in [0, 0.05) is 22.5 Å². The molecule has 1 atom stereocenters. The molecule has 1 aromatic heterocycles. The molecule has 1 aromatic carbocycles. The van der Waals surface area contributed by atoms with Crippen LogP contribution in [-0.2, 0) is 0 Å². The molecular formula is C14H17BrFN3. The van der Waals surface area contributed by atoms with Crippen LogP contribution in [0.25, 0.3) is 11.3 Å². The third kappa shape index (κ3) is 3.22. The SMILES string of the molecule is CCCC(CN)c1ncc(-c2cc(Br)ccc2F)[nH]1. The van der Waals surface area contributed by atoms with Crippen molar-refractivity contribution in [3.05, 3.63) is 40.5 Å². The molecular weight excluding hydrogens is 309 g/mol. The number of benzene rings is 1. The molecule has 3 N–H and O–H groups in total. The zero-order valence-electron chi connectivity index (χ0n) is 10.8. The van der Waals surface area contributed by atoms with E-state index in [0.717, 1.165) is 23.1 Å². The topological polar surface area (TPSA) is 54.7 Å². The molecule has 2 rings (SSSR count). The third-order valence-corrected chi connectivity index (χ3v) is 3.62. The van der Waals surface area contributed by atoms with Crippen LogP contribution in [0.5, 0.6) is 0 Å². The second-order valence-corrected chi connectivity index (χ2v) is 5.44. The molecule has 0 aliphatic carbocycles. The van der Waals surface area contributed by atoms with Gasteiger partial charge in [0.1, 0.15) is 11.6 Å². The van der Waals surface area contributed by atoms with Gasteiger partial charge in [-0.25, -0.2) is 9.37 Å². The fourth-order valence-corrected chi connectivity index (χ4v) is 2.46. The summed E-state index contributed by atoms with van der Waals surface area (Å²) in [5.41, 5.74) is 6.95. The zero-order valence-corrected chi connectivity index (χ0v) is 12.4. The van der Waals surface area contributed by atoms with Crippen LogP contribution in [0.1, 0.15) is 31.5 Å². The molecule has 0 bridgehead atoms. The van der Waals surface area contributed by atoms with Crippen molar-refractivity contribution in [2.45, 2.75) is 25.7 Å². The first kappa shape index (κ1) is 14.2. The van der Waals surface area contributed by atoms with Crippen molar-refractivity contribution in [2.75, 3.05) is 6.54 Å². The largest absolute Gasteiger partial charge is 0.342 e. The van der Waals surface area contributed by atoms with Crippen LogP contribution >= 0.6 is 15.9 Å². The average Bonchev–Trinajstić information content (AvgIpc) is 2.88. The minimum Gasteiger partial charge on any atom is -0.342 e. The number of H-pyrrole nitrogens is 1. The van der Waals surface area contributed by atoms with Gasteiger partial charge in [-0.3, -0.25) is 0 Å². The van der Waals surface area contributed by atoms with Crippen LogP contribution in [0.2, 0.25) is 0 Å². The highest BCUT2D eigenvalue weighted by atomic mass is 79.9. The third-order valence-electron chi connectivity index (χ3n) is 3.12. The van der Waals surface area contributed by atoms with E-state index in [1.54, 1.807) is 18.3 Å². The molecule has 2 aromatic rings. The van der Waals surface area contributed by atoms with E-state index in [1.807, 2.05) is 0 Å². The van der Waals surface area contributed by atoms with Gasteiger partial charge >= 0.3 is 0 Å². The molecule has 0 fully saturated rings. The number of halogens is 2. The van der Waals surface area contributed by atoms with Crippen molar-refractivity contribution in [3.63, 3.8) is 0 Å². The van der Waals surface area contributed by atoms with Crippen molar-refractivity contribution in [1.29, 1.82) is 0 Å². The molecule has 0 radical (unpaired) electrons. The first-order chi connectivity index (χ1) is 9.15. The van der Waals surface area contributed by atoms with E-state index in [4.69, 9.17) is 5.73 Å². The molecule has 1 heterocycles. The lowest BCUT2D eigenvalue weighted by molar-refractivity contribution is 0.594. The number of nitrogens with one attached hydrogen (secondary N) is 1. The van der Waals surface area contributed by atoms with Gasteiger partial charge in [-0.1, -0.05) is 29.3 Å². The van der Waals surface area contributed by atoms with Crippen molar-refractivity contribution in [2.24, 2.45) is 5.73 Å². The second-order valence-electron chi connectivity index (χ2n) is 4.53. The van der Waals surface area contributed by atoms with E-state index in [1.165, 1.54) is 6.07 Å². The second kappa shape index (κ2) is 6.30. The maximum Gasteiger partial charge on any atom is 0.132 e. The molecule has 0 spiro atoms. The van der Waals surface area contributed by atoms with Crippen molar-refractivity contribution < 1.29 is 4.39 Å². The summed E-state index contributed by atoms with van der Waals surface area (Å²) in [6, 6.07) is 4.85. The van der Waals surface area contributed by atoms with Gasteiger partial charge in [-0.05, 0) is 24.6 Å². The Hall–Kier alpha value is -1.20. The molecule has 0 aliphatic heterocycles. The van der Waals surface area contributed by atoms with E-state index >= 15 is 0 Å². The van der Waals surface area contributed by atoms with Crippen molar-refractivity contribution in [1.82, 2.24) is 9.97 Å². The Labute approximate surface area is 120 Å². The monoisotopic (exact) mass is 325 g/mol. The summed E-state index contributed by atoms with van der Waals surface area (Å²) in [4.78, 5) is 7.52. The predicted molar refractivity (Wildman–Crippen MR) is 78.4 cm³/mol. The smallest absolute Gasteiger partial charge is 0.132 e. The highest BCUT2D eigenvalue weighted by Gasteiger charge is 2.14. The lowest BCUT2D eigenvalue weighted by Crippen LogP contribution is -2.13. The Kier molecular flexibility index (Phi) is 4.71. The summed E-state index contributed by atoms with van der Waals surface area (Å²) in [5, 5.41) is 0. The van der Waals surface area contributed by atoms with Gasteiger partial charge in [-0.2, -0.15) is 0 Å². The van der Waals surface area contributed by atoms with Crippen LogP contribution in [0.4, 0.5) is 4.39 Å². The van der Waals surface area contributed by atoms with Gasteiger partial charge in [0.15, 0.2) is 0 Å². The number of nitrogens with two attached hydrogens (primary N) is 1. The number of rotatable bonds is 5. The lowest BCUT2D eigenvalue weighted by Gasteiger charge is -2.10. The molecule has 0 aliphatic rings. The number of hydrogen-bond donors (Lipinski definition) is 2. The van der Waals surface area contributed by atoms with E-state index in [9.17, 15) is 4.39 Å². The molecule has 102 valence electrons. The van der Waals surface area contributed by atoms with Crippen molar-refractivity contribution >= 4 is 15.9 Å². The minimum atomic E-state index is -0.266. The van der Waals surface area contributed by atoms with Crippen LogP contribution in [0.15, 0.2) is 28.9 Å². The molecule has 0 saturated carbocycles. The van der Waals surface area contributed by atoms with E-state index in [0.29, 0.717) is 17.8 Å². The Balaban J connectivity index is 2.32. The number of imidazole rings is 1. The summed E-state index contributed by atoms with van der Waals surface area (Å²) in [6.07, 6.45) is 3.69. The number of aromatic nitrogens is 2. The predicted octanol–water partition coefficient (Wildman–Crippen LogP) is 3.82. The van der Waals surface area contributed by atoms with Crippen LogP contribution in [0.3, 0.4) is 0 Å². The minimum absolute atomic E-state index is 0.203. The van der Waals surface area contributed by atoms with Crippen LogP contribution in [0, 0.1) is 5.82 Å². The molecule has 5 heteroatoms. The lowest BCUT2D eigenvalue weighted by atomic mass is 10.0. The molecule has 0 amide bonds. The maximum absolute atomic E-state index is 13.8. The number of nitrogens with zero attached hydrogens (tertiary/aromatic N) is 1. The molecule has 0 saturated heterocycles. The highest BCUT2D eigenvalue weighted by molar-refractivity contribution is 9.10. The summed E-state index contributed by atoms with van der Waals surface area (Å²) in [6.45, 7) is 2.66. The van der Waals surface area contributed by atoms with Gasteiger partial charge < -0.3 is 10.7 Å². The Morgan fingerprint density at radius 3 is 2.95 bits per heavy atom. The van der Waals surface area contributed by atoms with E-state index in [-0.39, 0.29) is 11.7 Å². The summed E-state index contributed by atoms with van der Waals surface area (Å²) in [7, 11) is 0. The summed E-state index contributed by atoms with van der Waals surface area (Å²) < 4.78 is 14.6. The first-order valence-electron chi connectivity index (χ1n) is 6.36. The van der Waals surface area contributed by atoms with E-state index in [2.05, 4.69) is 32.8 Å². The fraction of sp³-hybridized carbons (Fsp3) is 0.357. The highest BCUT2D eigenvalue weighted by Crippen LogP contribution is 2.26. The standard InChI is InChI=1S/C14H17BrFN3/c1-2-3-9(7-17)14-18-8-13(19-14)11-6-10(15)4-5-12(11)16/h4-6,8-9H,2-3,7,17H2,1H3,(H,18,19). The summed E-state index contributed by atoms with van der Waals surface area (Å²) >= 11 is 3.35. The van der Waals surface area contributed by atoms with Gasteiger partial charge in [0.25, 0.3) is 0 Å². The number of hydrogen-bond acceptors (Lipinski definition) is 2.